The van der Waals surface area contributed by atoms with E-state index in [2.05, 4.69) is 31.2 Å². The van der Waals surface area contributed by atoms with Gasteiger partial charge in [-0.15, -0.1) is 0 Å². The van der Waals surface area contributed by atoms with Crippen molar-refractivity contribution < 1.29 is 57.0 Å². The highest BCUT2D eigenvalue weighted by Crippen LogP contribution is 2.41. The summed E-state index contributed by atoms with van der Waals surface area (Å²) in [6, 6.07) is 8.83. The van der Waals surface area contributed by atoms with Crippen molar-refractivity contribution in [1.29, 1.82) is 0 Å². The molecule has 3 aliphatic rings. The van der Waals surface area contributed by atoms with E-state index in [0.717, 1.165) is 16.2 Å². The highest BCUT2D eigenvalue weighted by molar-refractivity contribution is 8.07. The number of benzene rings is 1. The standard InChI is InChI=1S/C14H20OS2.2CHF3O3S/c1-11-14(17-9-7-16(11)8-10-17)12-3-5-13(15-2)6-4-12;2*2-1(3,4)8(5,6)7/h3-6,11,14H,7-10H2,1-2H3;2*(H,5,6,7)/q+2;;/p-2/t11-,14+,16?,17?;;/m0../s1. The molecule has 0 N–H and O–H groups in total. The second-order valence-electron chi connectivity index (χ2n) is 6.59. The molecule has 7 nitrogen and oxygen atoms in total. The first kappa shape index (κ1) is 30.2. The SMILES string of the molecule is COc1ccc([C@H]2[C@H](C)[S+]3CC[S+]2CC3)cc1.O=S(=O)([O-])C(F)(F)F.O=S(=O)([O-])C(F)(F)F. The number of rotatable bonds is 2. The van der Waals surface area contributed by atoms with E-state index in [4.69, 9.17) is 30.7 Å². The third-order valence-corrected chi connectivity index (χ3v) is 12.0. The van der Waals surface area contributed by atoms with Gasteiger partial charge >= 0.3 is 11.0 Å². The summed E-state index contributed by atoms with van der Waals surface area (Å²) in [6.45, 7) is 2.48. The zero-order valence-electron chi connectivity index (χ0n) is 17.1. The number of ether oxygens (including phenoxy) is 1. The highest BCUT2D eigenvalue weighted by Gasteiger charge is 2.55. The van der Waals surface area contributed by atoms with Crippen LogP contribution in [0.1, 0.15) is 17.7 Å². The Labute approximate surface area is 193 Å². The van der Waals surface area contributed by atoms with Gasteiger partial charge in [0.2, 0.25) is 0 Å². The van der Waals surface area contributed by atoms with Crippen LogP contribution in [0.25, 0.3) is 0 Å². The molecular formula is C16H20F6O7S4. The van der Waals surface area contributed by atoms with Crippen molar-refractivity contribution in [3.05, 3.63) is 29.8 Å². The lowest BCUT2D eigenvalue weighted by molar-refractivity contribution is -0.0522. The summed E-state index contributed by atoms with van der Waals surface area (Å²) in [5.41, 5.74) is -9.74. The third kappa shape index (κ3) is 8.69. The second-order valence-corrected chi connectivity index (χ2v) is 14.4. The Hall–Kier alpha value is -0.880. The summed E-state index contributed by atoms with van der Waals surface area (Å²) in [5.74, 6) is 6.98. The molecule has 0 spiro atoms. The molecule has 3 fully saturated rings. The van der Waals surface area contributed by atoms with Gasteiger partial charge in [-0.25, -0.2) is 16.8 Å². The van der Waals surface area contributed by atoms with Gasteiger partial charge < -0.3 is 13.8 Å². The van der Waals surface area contributed by atoms with Crippen LogP contribution in [-0.4, -0.2) is 72.3 Å². The summed E-state index contributed by atoms with van der Waals surface area (Å²) < 4.78 is 123. The van der Waals surface area contributed by atoms with Crippen LogP contribution in [0.5, 0.6) is 5.75 Å². The Kier molecular flexibility index (Phi) is 10.3. The average Bonchev–Trinajstić information content (AvgIpc) is 2.67. The smallest absolute Gasteiger partial charge is 0.485 e. The molecule has 2 bridgehead atoms. The van der Waals surface area contributed by atoms with Crippen LogP contribution < -0.4 is 4.74 Å². The van der Waals surface area contributed by atoms with Crippen molar-refractivity contribution in [3.8, 4) is 5.75 Å². The summed E-state index contributed by atoms with van der Waals surface area (Å²) in [5, 5.41) is 1.75. The van der Waals surface area contributed by atoms with Crippen LogP contribution in [0.15, 0.2) is 24.3 Å². The summed E-state index contributed by atoms with van der Waals surface area (Å²) in [4.78, 5) is 0. The van der Waals surface area contributed by atoms with E-state index in [1.54, 1.807) is 12.7 Å². The molecule has 0 radical (unpaired) electrons. The van der Waals surface area contributed by atoms with E-state index >= 15 is 0 Å². The van der Waals surface area contributed by atoms with Crippen LogP contribution in [0, 0.1) is 0 Å². The first-order valence-electron chi connectivity index (χ1n) is 8.80. The van der Waals surface area contributed by atoms with E-state index in [0.29, 0.717) is 21.8 Å². The van der Waals surface area contributed by atoms with Gasteiger partial charge in [0, 0.05) is 27.4 Å². The summed E-state index contributed by atoms with van der Waals surface area (Å²) in [6.07, 6.45) is 0. The molecular weight excluding hydrogens is 546 g/mol. The van der Waals surface area contributed by atoms with Gasteiger partial charge in [0.1, 0.15) is 5.75 Å². The first-order valence-corrected chi connectivity index (χ1v) is 14.9. The maximum Gasteiger partial charge on any atom is 0.485 e. The summed E-state index contributed by atoms with van der Waals surface area (Å²) >= 11 is 0. The molecule has 0 amide bonds. The van der Waals surface area contributed by atoms with E-state index in [1.165, 1.54) is 23.0 Å². The van der Waals surface area contributed by atoms with Gasteiger partial charge in [-0.05, 0) is 19.1 Å². The quantitative estimate of drug-likeness (QED) is 0.233. The van der Waals surface area contributed by atoms with Crippen molar-refractivity contribution in [1.82, 2.24) is 0 Å². The van der Waals surface area contributed by atoms with Crippen LogP contribution in [0.4, 0.5) is 26.3 Å². The zero-order chi connectivity index (χ0) is 25.8. The number of halogens is 6. The Morgan fingerprint density at radius 3 is 1.42 bits per heavy atom. The molecule has 0 aliphatic carbocycles. The maximum absolute atomic E-state index is 10.7. The summed E-state index contributed by atoms with van der Waals surface area (Å²) in [7, 11) is -9.08. The number of hydrogen-bond acceptors (Lipinski definition) is 7. The predicted molar refractivity (Wildman–Crippen MR) is 111 cm³/mol. The topological polar surface area (TPSA) is 124 Å². The molecule has 3 heterocycles. The van der Waals surface area contributed by atoms with Crippen molar-refractivity contribution in [2.75, 3.05) is 30.1 Å². The molecule has 0 aromatic heterocycles. The van der Waals surface area contributed by atoms with Gasteiger partial charge in [-0.3, -0.25) is 0 Å². The minimum atomic E-state index is -6.09. The molecule has 3 aliphatic heterocycles. The zero-order valence-corrected chi connectivity index (χ0v) is 20.3. The molecule has 3 saturated heterocycles. The van der Waals surface area contributed by atoms with Crippen LogP contribution in [0.3, 0.4) is 0 Å². The Bertz CT molecular complexity index is 926. The lowest BCUT2D eigenvalue weighted by atomic mass is 10.1. The lowest BCUT2D eigenvalue weighted by Crippen LogP contribution is -2.51. The minimum absolute atomic E-state index is 0.653. The maximum atomic E-state index is 10.7. The molecule has 192 valence electrons. The predicted octanol–water partition coefficient (Wildman–Crippen LogP) is 2.49. The van der Waals surface area contributed by atoms with Gasteiger partial charge in [0.25, 0.3) is 0 Å². The van der Waals surface area contributed by atoms with E-state index in [9.17, 15) is 26.3 Å². The number of methoxy groups -OCH3 is 1. The minimum Gasteiger partial charge on any atom is -0.741 e. The van der Waals surface area contributed by atoms with Crippen molar-refractivity contribution in [2.45, 2.75) is 28.4 Å². The van der Waals surface area contributed by atoms with E-state index < -0.39 is 31.3 Å². The molecule has 0 saturated carbocycles. The molecule has 33 heavy (non-hydrogen) atoms. The monoisotopic (exact) mass is 566 g/mol. The van der Waals surface area contributed by atoms with Crippen LogP contribution >= 0.6 is 0 Å². The fourth-order valence-electron chi connectivity index (χ4n) is 2.96. The third-order valence-electron chi connectivity index (χ3n) is 4.54. The molecule has 1 aromatic rings. The fourth-order valence-corrected chi connectivity index (χ4v) is 10.6. The van der Waals surface area contributed by atoms with E-state index in [1.807, 2.05) is 0 Å². The largest absolute Gasteiger partial charge is 0.741 e. The average molecular weight is 567 g/mol. The molecule has 4 rings (SSSR count). The van der Waals surface area contributed by atoms with Gasteiger partial charge in [0.15, 0.2) is 53.7 Å². The number of alkyl halides is 6. The first-order chi connectivity index (χ1) is 14.8. The van der Waals surface area contributed by atoms with Crippen molar-refractivity contribution in [3.63, 3.8) is 0 Å². The molecule has 0 unspecified atom stereocenters. The molecule has 2 atom stereocenters. The van der Waals surface area contributed by atoms with Gasteiger partial charge in [-0.2, -0.15) is 26.3 Å². The van der Waals surface area contributed by atoms with E-state index in [-0.39, 0.29) is 0 Å². The number of fused-ring (bicyclic) bond motifs is 3. The van der Waals surface area contributed by atoms with Crippen LogP contribution in [-0.2, 0) is 42.0 Å². The second kappa shape index (κ2) is 11.2. The Morgan fingerprint density at radius 2 is 1.15 bits per heavy atom. The van der Waals surface area contributed by atoms with Crippen molar-refractivity contribution in [2.24, 2.45) is 0 Å². The molecule has 17 heteroatoms. The lowest BCUT2D eigenvalue weighted by Gasteiger charge is -2.34. The number of hydrogen-bond donors (Lipinski definition) is 0. The van der Waals surface area contributed by atoms with Crippen molar-refractivity contribution >= 4 is 42.0 Å². The van der Waals surface area contributed by atoms with Gasteiger partial charge in [0.05, 0.1) is 7.11 Å². The van der Waals surface area contributed by atoms with Crippen LogP contribution in [0.2, 0.25) is 0 Å². The Balaban J connectivity index is 0.000000288. The normalized spacial score (nSPS) is 25.3. The van der Waals surface area contributed by atoms with Gasteiger partial charge in [-0.1, -0.05) is 12.1 Å². The Morgan fingerprint density at radius 1 is 0.818 bits per heavy atom. The molecule has 1 aromatic carbocycles. The fraction of sp³-hybridized carbons (Fsp3) is 0.625. The highest BCUT2D eigenvalue weighted by atomic mass is 32.2.